The van der Waals surface area contributed by atoms with Gasteiger partial charge in [0, 0.05) is 0 Å². The fourth-order valence-electron chi connectivity index (χ4n) is 1.58. The predicted molar refractivity (Wildman–Crippen MR) is 72.7 cm³/mol. The largest absolute Gasteiger partial charge is 0.396 e. The van der Waals surface area contributed by atoms with Gasteiger partial charge < -0.3 is 5.73 Å². The Morgan fingerprint density at radius 1 is 1.10 bits per heavy atom. The van der Waals surface area contributed by atoms with Crippen LogP contribution in [-0.2, 0) is 10.0 Å². The highest BCUT2D eigenvalue weighted by Gasteiger charge is 2.16. The lowest BCUT2D eigenvalue weighted by atomic mass is 10.2. The van der Waals surface area contributed by atoms with E-state index in [1.54, 1.807) is 6.07 Å². The van der Waals surface area contributed by atoms with Gasteiger partial charge in [0.1, 0.15) is 17.7 Å². The molecule has 0 spiro atoms. The zero-order valence-electron chi connectivity index (χ0n) is 10.5. The Kier molecular flexibility index (Phi) is 3.78. The molecular weight excluding hydrogens is 300 g/mol. The number of anilines is 2. The summed E-state index contributed by atoms with van der Waals surface area (Å²) in [6.45, 7) is 0. The zero-order chi connectivity index (χ0) is 15.6. The zero-order valence-corrected chi connectivity index (χ0v) is 11.3. The molecule has 108 valence electrons. The molecule has 21 heavy (non-hydrogen) atoms. The lowest BCUT2D eigenvalue weighted by Crippen LogP contribution is -2.13. The standard InChI is InChI=1S/C13H9F2N3O2S/c14-11-3-1-9(5-8(11)7-16)18-21(19,20)10-2-4-12(15)13(17)6-10/h1-6,18H,17H2. The fraction of sp³-hybridized carbons (Fsp3) is 0. The van der Waals surface area contributed by atoms with Crippen LogP contribution in [0.3, 0.4) is 0 Å². The molecule has 8 heteroatoms. The fourth-order valence-corrected chi connectivity index (χ4v) is 2.66. The summed E-state index contributed by atoms with van der Waals surface area (Å²) in [6, 6.07) is 7.72. The summed E-state index contributed by atoms with van der Waals surface area (Å²) in [7, 11) is -4.02. The van der Waals surface area contributed by atoms with Crippen LogP contribution in [0.1, 0.15) is 5.56 Å². The first kappa shape index (κ1) is 14.7. The monoisotopic (exact) mass is 309 g/mol. The number of sulfonamides is 1. The van der Waals surface area contributed by atoms with Crippen LogP contribution in [0.15, 0.2) is 41.3 Å². The predicted octanol–water partition coefficient (Wildman–Crippen LogP) is 2.22. The van der Waals surface area contributed by atoms with E-state index in [4.69, 9.17) is 11.0 Å². The van der Waals surface area contributed by atoms with Gasteiger partial charge in [0.2, 0.25) is 0 Å². The molecule has 0 radical (unpaired) electrons. The molecule has 0 aliphatic heterocycles. The van der Waals surface area contributed by atoms with Gasteiger partial charge in [-0.1, -0.05) is 0 Å². The second-order valence-electron chi connectivity index (χ2n) is 4.10. The van der Waals surface area contributed by atoms with Crippen molar-refractivity contribution in [2.75, 3.05) is 10.5 Å². The van der Waals surface area contributed by atoms with Crippen molar-refractivity contribution < 1.29 is 17.2 Å². The topological polar surface area (TPSA) is 96.0 Å². The second kappa shape index (κ2) is 5.38. The van der Waals surface area contributed by atoms with E-state index < -0.39 is 21.7 Å². The van der Waals surface area contributed by atoms with Gasteiger partial charge in [-0.05, 0) is 36.4 Å². The van der Waals surface area contributed by atoms with Gasteiger partial charge >= 0.3 is 0 Å². The van der Waals surface area contributed by atoms with Gasteiger partial charge in [-0.3, -0.25) is 4.72 Å². The molecule has 2 rings (SSSR count). The van der Waals surface area contributed by atoms with E-state index in [2.05, 4.69) is 4.72 Å². The minimum absolute atomic E-state index is 0.0100. The third-order valence-corrected chi connectivity index (χ3v) is 4.00. The molecule has 0 bridgehead atoms. The van der Waals surface area contributed by atoms with E-state index in [0.717, 1.165) is 30.3 Å². The molecule has 3 N–H and O–H groups in total. The number of halogens is 2. The number of nitrogens with zero attached hydrogens (tertiary/aromatic N) is 1. The average Bonchev–Trinajstić information content (AvgIpc) is 2.43. The number of hydrogen-bond acceptors (Lipinski definition) is 4. The van der Waals surface area contributed by atoms with Crippen molar-refractivity contribution >= 4 is 21.4 Å². The van der Waals surface area contributed by atoms with Gasteiger partial charge in [-0.2, -0.15) is 5.26 Å². The van der Waals surface area contributed by atoms with E-state index in [1.165, 1.54) is 6.07 Å². The van der Waals surface area contributed by atoms with Gasteiger partial charge in [0.25, 0.3) is 10.0 Å². The number of benzene rings is 2. The Labute approximate surface area is 119 Å². The van der Waals surface area contributed by atoms with Crippen LogP contribution in [0.4, 0.5) is 20.2 Å². The van der Waals surface area contributed by atoms with Crippen molar-refractivity contribution in [1.82, 2.24) is 0 Å². The van der Waals surface area contributed by atoms with Crippen LogP contribution in [0.25, 0.3) is 0 Å². The highest BCUT2D eigenvalue weighted by atomic mass is 32.2. The third-order valence-electron chi connectivity index (χ3n) is 2.62. The Hall–Kier alpha value is -2.66. The summed E-state index contributed by atoms with van der Waals surface area (Å²) in [5, 5.41) is 8.70. The van der Waals surface area contributed by atoms with E-state index in [1.807, 2.05) is 0 Å². The van der Waals surface area contributed by atoms with Gasteiger partial charge in [-0.15, -0.1) is 0 Å². The SMILES string of the molecule is N#Cc1cc(NS(=O)(=O)c2ccc(F)c(N)c2)ccc1F. The van der Waals surface area contributed by atoms with Crippen LogP contribution in [0.2, 0.25) is 0 Å². The van der Waals surface area contributed by atoms with E-state index >= 15 is 0 Å². The number of nitriles is 1. The molecule has 0 aromatic heterocycles. The Bertz CT molecular complexity index is 845. The smallest absolute Gasteiger partial charge is 0.261 e. The highest BCUT2D eigenvalue weighted by molar-refractivity contribution is 7.92. The summed E-state index contributed by atoms with van der Waals surface area (Å²) in [4.78, 5) is -0.246. The normalized spacial score (nSPS) is 10.9. The van der Waals surface area contributed by atoms with Crippen LogP contribution in [0, 0.1) is 23.0 Å². The first-order chi connectivity index (χ1) is 9.83. The average molecular weight is 309 g/mol. The van der Waals surface area contributed by atoms with E-state index in [-0.39, 0.29) is 21.8 Å². The number of nitrogens with one attached hydrogen (secondary N) is 1. The van der Waals surface area contributed by atoms with Gasteiger partial charge in [-0.25, -0.2) is 17.2 Å². The molecule has 0 heterocycles. The van der Waals surface area contributed by atoms with Crippen molar-refractivity contribution in [3.8, 4) is 6.07 Å². The van der Waals surface area contributed by atoms with Crippen molar-refractivity contribution in [3.63, 3.8) is 0 Å². The van der Waals surface area contributed by atoms with Gasteiger partial charge in [0.05, 0.1) is 21.8 Å². The number of hydrogen-bond donors (Lipinski definition) is 2. The maximum absolute atomic E-state index is 13.2. The Morgan fingerprint density at radius 2 is 1.76 bits per heavy atom. The van der Waals surface area contributed by atoms with Crippen LogP contribution >= 0.6 is 0 Å². The van der Waals surface area contributed by atoms with Crippen molar-refractivity contribution in [2.45, 2.75) is 4.90 Å². The van der Waals surface area contributed by atoms with Crippen molar-refractivity contribution in [3.05, 3.63) is 53.6 Å². The molecular formula is C13H9F2N3O2S. The molecule has 0 fully saturated rings. The molecule has 5 nitrogen and oxygen atoms in total. The highest BCUT2D eigenvalue weighted by Crippen LogP contribution is 2.21. The molecule has 2 aromatic rings. The first-order valence-electron chi connectivity index (χ1n) is 5.61. The molecule has 0 saturated heterocycles. The molecule has 0 atom stereocenters. The maximum Gasteiger partial charge on any atom is 0.261 e. The summed E-state index contributed by atoms with van der Waals surface area (Å²) >= 11 is 0. The third kappa shape index (κ3) is 3.09. The summed E-state index contributed by atoms with van der Waals surface area (Å²) < 4.78 is 52.5. The van der Waals surface area contributed by atoms with E-state index in [0.29, 0.717) is 0 Å². The quantitative estimate of drug-likeness (QED) is 0.850. The Morgan fingerprint density at radius 3 is 2.38 bits per heavy atom. The number of nitrogens with two attached hydrogens (primary N) is 1. The lowest BCUT2D eigenvalue weighted by Gasteiger charge is -2.09. The van der Waals surface area contributed by atoms with Gasteiger partial charge in [0.15, 0.2) is 0 Å². The molecule has 0 aliphatic rings. The van der Waals surface area contributed by atoms with E-state index in [9.17, 15) is 17.2 Å². The molecule has 0 unspecified atom stereocenters. The summed E-state index contributed by atoms with van der Waals surface area (Å²) in [5.74, 6) is -1.49. The summed E-state index contributed by atoms with van der Waals surface area (Å²) in [5.41, 5.74) is 4.72. The first-order valence-corrected chi connectivity index (χ1v) is 7.09. The second-order valence-corrected chi connectivity index (χ2v) is 5.78. The number of rotatable bonds is 3. The lowest BCUT2D eigenvalue weighted by molar-refractivity contribution is 0.599. The van der Waals surface area contributed by atoms with Crippen LogP contribution < -0.4 is 10.5 Å². The molecule has 0 saturated carbocycles. The number of nitrogen functional groups attached to an aromatic ring is 1. The van der Waals surface area contributed by atoms with Crippen LogP contribution in [-0.4, -0.2) is 8.42 Å². The van der Waals surface area contributed by atoms with Crippen LogP contribution in [0.5, 0.6) is 0 Å². The summed E-state index contributed by atoms with van der Waals surface area (Å²) in [6.07, 6.45) is 0. The minimum atomic E-state index is -4.02. The Balaban J connectivity index is 2.37. The molecule has 2 aromatic carbocycles. The van der Waals surface area contributed by atoms with Crippen molar-refractivity contribution in [2.24, 2.45) is 0 Å². The molecule has 0 amide bonds. The minimum Gasteiger partial charge on any atom is -0.396 e. The van der Waals surface area contributed by atoms with Crippen molar-refractivity contribution in [1.29, 1.82) is 5.26 Å². The molecule has 0 aliphatic carbocycles. The maximum atomic E-state index is 13.2.